The minimum absolute atomic E-state index is 0.162. The molecule has 0 unspecified atom stereocenters. The van der Waals surface area contributed by atoms with Gasteiger partial charge in [-0.3, -0.25) is 9.48 Å². The molecule has 5 heterocycles. The number of aryl methyl sites for hydroxylation is 1. The topological polar surface area (TPSA) is 147 Å². The van der Waals surface area contributed by atoms with Crippen molar-refractivity contribution in [2.45, 2.75) is 51.9 Å². The van der Waals surface area contributed by atoms with E-state index in [2.05, 4.69) is 31.9 Å². The monoisotopic (exact) mass is 598 g/mol. The second-order valence-corrected chi connectivity index (χ2v) is 11.6. The number of hydrogen-bond acceptors (Lipinski definition) is 10. The Labute approximate surface area is 252 Å². The maximum absolute atomic E-state index is 13.4. The molecule has 0 bridgehead atoms. The standard InChI is InChI=1S/C30H34N10O4/c1-6-13-39-26(41)22-18-32-27(34-20-7-8-23-19(16-20)17-33-37(23)5)36-25(22)40(39)24-9-12-31-28(35-24)43-21-10-14-38(15-11-21)29(42)44-30(2,3)4/h6-9,12,16-18,21H,1,10-11,13-15H2,2-5H3,(H,32,34,36). The van der Waals surface area contributed by atoms with Crippen LogP contribution in [0.3, 0.4) is 0 Å². The van der Waals surface area contributed by atoms with Crippen molar-refractivity contribution in [3.05, 3.63) is 65.9 Å². The van der Waals surface area contributed by atoms with Crippen LogP contribution in [0.2, 0.25) is 0 Å². The van der Waals surface area contributed by atoms with E-state index in [4.69, 9.17) is 14.5 Å². The summed E-state index contributed by atoms with van der Waals surface area (Å²) in [7, 11) is 1.89. The van der Waals surface area contributed by atoms with E-state index in [0.717, 1.165) is 16.6 Å². The van der Waals surface area contributed by atoms with Crippen LogP contribution in [-0.4, -0.2) is 74.9 Å². The lowest BCUT2D eigenvalue weighted by molar-refractivity contribution is 0.0119. The molecular formula is C30H34N10O4. The number of nitrogens with one attached hydrogen (secondary N) is 1. The highest BCUT2D eigenvalue weighted by atomic mass is 16.6. The van der Waals surface area contributed by atoms with Gasteiger partial charge in [0.1, 0.15) is 17.1 Å². The summed E-state index contributed by atoms with van der Waals surface area (Å²) in [5.41, 5.74) is 1.31. The number of rotatable bonds is 7. The van der Waals surface area contributed by atoms with E-state index in [-0.39, 0.29) is 30.3 Å². The molecule has 228 valence electrons. The number of amides is 1. The molecule has 44 heavy (non-hydrogen) atoms. The van der Waals surface area contributed by atoms with Crippen molar-refractivity contribution in [2.24, 2.45) is 7.05 Å². The molecule has 0 atom stereocenters. The lowest BCUT2D eigenvalue weighted by atomic mass is 10.1. The van der Waals surface area contributed by atoms with Gasteiger partial charge >= 0.3 is 12.1 Å². The normalized spacial score (nSPS) is 14.2. The van der Waals surface area contributed by atoms with Gasteiger partial charge in [-0.1, -0.05) is 6.08 Å². The molecular weight excluding hydrogens is 564 g/mol. The number of nitrogens with zero attached hydrogens (tertiary/aromatic N) is 9. The van der Waals surface area contributed by atoms with Crippen molar-refractivity contribution >= 4 is 39.7 Å². The van der Waals surface area contributed by atoms with E-state index >= 15 is 0 Å². The van der Waals surface area contributed by atoms with Gasteiger partial charge in [0.05, 0.1) is 18.3 Å². The minimum Gasteiger partial charge on any atom is -0.460 e. The highest BCUT2D eigenvalue weighted by molar-refractivity contribution is 5.83. The van der Waals surface area contributed by atoms with Gasteiger partial charge < -0.3 is 19.7 Å². The third-order valence-corrected chi connectivity index (χ3v) is 7.18. The number of carbonyl (C=O) groups is 1. The second kappa shape index (κ2) is 11.4. The van der Waals surface area contributed by atoms with Gasteiger partial charge in [0.2, 0.25) is 5.95 Å². The van der Waals surface area contributed by atoms with Crippen molar-refractivity contribution in [1.29, 1.82) is 0 Å². The van der Waals surface area contributed by atoms with Gasteiger partial charge in [-0.05, 0) is 39.0 Å². The molecule has 1 amide bonds. The number of hydrogen-bond donors (Lipinski definition) is 1. The number of piperidine rings is 1. The first-order chi connectivity index (χ1) is 21.1. The lowest BCUT2D eigenvalue weighted by Gasteiger charge is -2.33. The average molecular weight is 599 g/mol. The molecule has 0 radical (unpaired) electrons. The molecule has 14 nitrogen and oxygen atoms in total. The smallest absolute Gasteiger partial charge is 0.410 e. The Kier molecular flexibility index (Phi) is 7.49. The van der Waals surface area contributed by atoms with E-state index in [1.54, 1.807) is 38.8 Å². The summed E-state index contributed by atoms with van der Waals surface area (Å²) >= 11 is 0. The van der Waals surface area contributed by atoms with Crippen molar-refractivity contribution < 1.29 is 14.3 Å². The fourth-order valence-corrected chi connectivity index (χ4v) is 5.12. The zero-order valence-electron chi connectivity index (χ0n) is 25.1. The molecule has 0 spiro atoms. The summed E-state index contributed by atoms with van der Waals surface area (Å²) in [6.45, 7) is 10.6. The Hall–Kier alpha value is -5.27. The zero-order chi connectivity index (χ0) is 31.0. The summed E-state index contributed by atoms with van der Waals surface area (Å²) in [5.74, 6) is 0.712. The first-order valence-electron chi connectivity index (χ1n) is 14.4. The largest absolute Gasteiger partial charge is 0.460 e. The fraction of sp³-hybridized carbons (Fsp3) is 0.367. The summed E-state index contributed by atoms with van der Waals surface area (Å²) < 4.78 is 16.5. The van der Waals surface area contributed by atoms with Crippen molar-refractivity contribution in [3.63, 3.8) is 0 Å². The fourth-order valence-electron chi connectivity index (χ4n) is 5.12. The molecule has 0 saturated carbocycles. The maximum Gasteiger partial charge on any atom is 0.410 e. The van der Waals surface area contributed by atoms with Crippen LogP contribution in [0.4, 0.5) is 16.4 Å². The average Bonchev–Trinajstić information content (AvgIpc) is 3.49. The highest BCUT2D eigenvalue weighted by Crippen LogP contribution is 2.23. The van der Waals surface area contributed by atoms with Crippen LogP contribution in [-0.2, 0) is 18.3 Å². The zero-order valence-corrected chi connectivity index (χ0v) is 25.1. The molecule has 1 saturated heterocycles. The predicted molar refractivity (Wildman–Crippen MR) is 164 cm³/mol. The highest BCUT2D eigenvalue weighted by Gasteiger charge is 2.28. The van der Waals surface area contributed by atoms with E-state index < -0.39 is 5.60 Å². The molecule has 4 aromatic heterocycles. The van der Waals surface area contributed by atoms with Crippen LogP contribution in [0.5, 0.6) is 6.01 Å². The number of anilines is 2. The van der Waals surface area contributed by atoms with Crippen LogP contribution in [0.1, 0.15) is 33.6 Å². The first-order valence-corrected chi connectivity index (χ1v) is 14.4. The Morgan fingerprint density at radius 2 is 1.93 bits per heavy atom. The van der Waals surface area contributed by atoms with Gasteiger partial charge in [-0.15, -0.1) is 6.58 Å². The van der Waals surface area contributed by atoms with Gasteiger partial charge in [-0.25, -0.2) is 24.1 Å². The predicted octanol–water partition coefficient (Wildman–Crippen LogP) is 3.97. The number of likely N-dealkylation sites (tertiary alicyclic amines) is 1. The van der Waals surface area contributed by atoms with Crippen molar-refractivity contribution in [3.8, 4) is 11.8 Å². The van der Waals surface area contributed by atoms with Crippen molar-refractivity contribution in [1.82, 2.24) is 44.0 Å². The molecule has 6 rings (SSSR count). The SMILES string of the molecule is C=CCn1c(=O)c2cnc(Nc3ccc4c(cnn4C)c3)nc2n1-c1ccnc(OC2CCN(C(=O)OC(C)(C)C)CC2)n1. The number of benzene rings is 1. The summed E-state index contributed by atoms with van der Waals surface area (Å²) in [5, 5.41) is 8.82. The Balaban J connectivity index is 1.26. The molecule has 0 aliphatic carbocycles. The molecule has 1 N–H and O–H groups in total. The van der Waals surface area contributed by atoms with Crippen molar-refractivity contribution in [2.75, 3.05) is 18.4 Å². The molecule has 1 aliphatic heterocycles. The Morgan fingerprint density at radius 1 is 1.14 bits per heavy atom. The third kappa shape index (κ3) is 5.82. The quantitative estimate of drug-likeness (QED) is 0.273. The van der Waals surface area contributed by atoms with Gasteiger partial charge in [-0.2, -0.15) is 15.1 Å². The van der Waals surface area contributed by atoms with Crippen LogP contribution >= 0.6 is 0 Å². The van der Waals surface area contributed by atoms with Gasteiger partial charge in [0.15, 0.2) is 11.5 Å². The number of carbonyl (C=O) groups excluding carboxylic acids is 1. The van der Waals surface area contributed by atoms with E-state index in [9.17, 15) is 9.59 Å². The van der Waals surface area contributed by atoms with Crippen LogP contribution in [0.25, 0.3) is 27.8 Å². The molecule has 1 aliphatic rings. The van der Waals surface area contributed by atoms with E-state index in [1.165, 1.54) is 10.9 Å². The van der Waals surface area contributed by atoms with Gasteiger partial charge in [0, 0.05) is 62.5 Å². The first kappa shape index (κ1) is 28.8. The third-order valence-electron chi connectivity index (χ3n) is 7.18. The molecule has 5 aromatic rings. The number of aromatic nitrogens is 8. The lowest BCUT2D eigenvalue weighted by Crippen LogP contribution is -2.44. The number of ether oxygens (including phenoxy) is 2. The minimum atomic E-state index is -0.552. The number of allylic oxidation sites excluding steroid dienone is 1. The van der Waals surface area contributed by atoms with Crippen LogP contribution < -0.4 is 15.6 Å². The van der Waals surface area contributed by atoms with E-state index in [1.807, 2.05) is 46.0 Å². The molecule has 1 fully saturated rings. The number of fused-ring (bicyclic) bond motifs is 2. The van der Waals surface area contributed by atoms with Crippen LogP contribution in [0, 0.1) is 0 Å². The van der Waals surface area contributed by atoms with E-state index in [0.29, 0.717) is 48.7 Å². The Bertz CT molecular complexity index is 1910. The molecule has 14 heteroatoms. The summed E-state index contributed by atoms with van der Waals surface area (Å²) in [4.78, 5) is 45.5. The van der Waals surface area contributed by atoms with Gasteiger partial charge in [0.25, 0.3) is 5.56 Å². The summed E-state index contributed by atoms with van der Waals surface area (Å²) in [6.07, 6.45) is 7.19. The second-order valence-electron chi connectivity index (χ2n) is 11.6. The summed E-state index contributed by atoms with van der Waals surface area (Å²) in [6, 6.07) is 7.68. The van der Waals surface area contributed by atoms with Crippen LogP contribution in [0.15, 0.2) is 60.3 Å². The maximum atomic E-state index is 13.4. The molecule has 1 aromatic carbocycles. The Morgan fingerprint density at radius 3 is 2.68 bits per heavy atom.